The Hall–Kier alpha value is -4.28. The highest BCUT2D eigenvalue weighted by molar-refractivity contribution is 5.93. The number of benzene rings is 2. The van der Waals surface area contributed by atoms with Gasteiger partial charge in [0, 0.05) is 30.3 Å². The molecule has 6 rings (SSSR count). The summed E-state index contributed by atoms with van der Waals surface area (Å²) in [6.45, 7) is -0.254. The quantitative estimate of drug-likeness (QED) is 0.469. The topological polar surface area (TPSA) is 102 Å². The number of urea groups is 1. The Kier molecular flexibility index (Phi) is 5.43. The summed E-state index contributed by atoms with van der Waals surface area (Å²) in [5.74, 6) is 2.20. The first kappa shape index (κ1) is 23.1. The summed E-state index contributed by atoms with van der Waals surface area (Å²) in [6, 6.07) is 11.4. The van der Waals surface area contributed by atoms with Crippen LogP contribution < -0.4 is 25.4 Å². The third-order valence-corrected chi connectivity index (χ3v) is 6.72. The van der Waals surface area contributed by atoms with Crippen LogP contribution in [0.5, 0.6) is 17.2 Å². The fraction of sp³-hybridized carbons (Fsp3) is 0.269. The minimum Gasteiger partial charge on any atom is -0.487 e. The average Bonchev–Trinajstić information content (AvgIpc) is 3.38. The molecule has 3 N–H and O–H groups in total. The summed E-state index contributed by atoms with van der Waals surface area (Å²) in [5.41, 5.74) is 0.918. The van der Waals surface area contributed by atoms with Crippen molar-refractivity contribution in [2.24, 2.45) is 0 Å². The number of carbonyl (C=O) groups excluding carboxylic acids is 2. The summed E-state index contributed by atoms with van der Waals surface area (Å²) >= 11 is 0. The van der Waals surface area contributed by atoms with E-state index in [-0.39, 0.29) is 36.1 Å². The molecular formula is C26H21F3N4O4. The largest absolute Gasteiger partial charge is 0.487 e. The van der Waals surface area contributed by atoms with Crippen molar-refractivity contribution in [3.05, 3.63) is 77.0 Å². The first-order chi connectivity index (χ1) is 17.8. The molecule has 3 aliphatic rings. The molecule has 3 unspecified atom stereocenters. The number of nitrogens with one attached hydrogen (secondary N) is 3. The van der Waals surface area contributed by atoms with Crippen LogP contribution in [0.25, 0.3) is 0 Å². The first-order valence-corrected chi connectivity index (χ1v) is 11.7. The summed E-state index contributed by atoms with van der Waals surface area (Å²) in [4.78, 5) is 28.3. The van der Waals surface area contributed by atoms with Gasteiger partial charge < -0.3 is 25.4 Å². The van der Waals surface area contributed by atoms with Gasteiger partial charge in [-0.15, -0.1) is 0 Å². The monoisotopic (exact) mass is 510 g/mol. The molecule has 2 aliphatic heterocycles. The number of aromatic nitrogens is 1. The maximum absolute atomic E-state index is 13.2. The Labute approximate surface area is 209 Å². The number of pyridine rings is 1. The fourth-order valence-corrected chi connectivity index (χ4v) is 4.89. The van der Waals surface area contributed by atoms with Crippen LogP contribution >= 0.6 is 0 Å². The predicted molar refractivity (Wildman–Crippen MR) is 125 cm³/mol. The van der Waals surface area contributed by atoms with Gasteiger partial charge in [-0.25, -0.2) is 9.78 Å². The molecule has 8 nitrogen and oxygen atoms in total. The van der Waals surface area contributed by atoms with Crippen LogP contribution in [0, 0.1) is 0 Å². The standard InChI is InChI=1S/C26H21F3N4O4/c27-26(28,29)17-4-2-1-3-13(17)12-31-25(35)33-22-21-16-11-14(5-7-18(16)37-23(21)22)36-19-9-10-30-24-15(19)6-8-20(34)32-24/h1-5,7,9-11,21-23H,6,8,12H2,(H,30,32,34)(H2,31,33,35). The Balaban J connectivity index is 1.10. The van der Waals surface area contributed by atoms with Gasteiger partial charge in [-0.2, -0.15) is 13.2 Å². The maximum atomic E-state index is 13.2. The second kappa shape index (κ2) is 8.68. The number of fused-ring (bicyclic) bond motifs is 4. The number of nitrogens with zero attached hydrogens (tertiary/aromatic N) is 1. The highest BCUT2D eigenvalue weighted by Crippen LogP contribution is 2.54. The molecule has 1 aromatic heterocycles. The van der Waals surface area contributed by atoms with Crippen molar-refractivity contribution in [3.8, 4) is 17.2 Å². The van der Waals surface area contributed by atoms with Crippen molar-refractivity contribution in [2.75, 3.05) is 5.32 Å². The number of amides is 3. The van der Waals surface area contributed by atoms with Gasteiger partial charge in [-0.3, -0.25) is 4.79 Å². The number of anilines is 1. The van der Waals surface area contributed by atoms with Crippen molar-refractivity contribution >= 4 is 17.8 Å². The number of ether oxygens (including phenoxy) is 2. The van der Waals surface area contributed by atoms with Gasteiger partial charge in [0.25, 0.3) is 0 Å². The molecule has 0 bridgehead atoms. The molecule has 11 heteroatoms. The lowest BCUT2D eigenvalue weighted by Gasteiger charge is -2.19. The fourth-order valence-electron chi connectivity index (χ4n) is 4.89. The van der Waals surface area contributed by atoms with Gasteiger partial charge in [-0.05, 0) is 42.3 Å². The zero-order valence-corrected chi connectivity index (χ0v) is 19.3. The third kappa shape index (κ3) is 4.41. The van der Waals surface area contributed by atoms with E-state index in [0.717, 1.165) is 17.2 Å². The molecule has 3 heterocycles. The molecule has 2 aromatic carbocycles. The van der Waals surface area contributed by atoms with Crippen molar-refractivity contribution in [1.82, 2.24) is 15.6 Å². The summed E-state index contributed by atoms with van der Waals surface area (Å²) in [6.07, 6.45) is -2.30. The Morgan fingerprint density at radius 1 is 1.16 bits per heavy atom. The predicted octanol–water partition coefficient (Wildman–Crippen LogP) is 4.50. The maximum Gasteiger partial charge on any atom is 0.416 e. The van der Waals surface area contributed by atoms with Gasteiger partial charge >= 0.3 is 12.2 Å². The van der Waals surface area contributed by atoms with Crippen molar-refractivity contribution < 1.29 is 32.2 Å². The Bertz CT molecular complexity index is 1410. The van der Waals surface area contributed by atoms with E-state index in [4.69, 9.17) is 9.47 Å². The van der Waals surface area contributed by atoms with E-state index in [1.165, 1.54) is 18.2 Å². The van der Waals surface area contributed by atoms with Gasteiger partial charge in [0.1, 0.15) is 29.2 Å². The number of hydrogen-bond acceptors (Lipinski definition) is 5. The molecule has 3 amide bonds. The molecule has 1 fully saturated rings. The molecule has 37 heavy (non-hydrogen) atoms. The van der Waals surface area contributed by atoms with Crippen LogP contribution in [0.4, 0.5) is 23.8 Å². The molecule has 0 radical (unpaired) electrons. The highest BCUT2D eigenvalue weighted by Gasteiger charge is 2.59. The molecule has 0 saturated heterocycles. The van der Waals surface area contributed by atoms with Crippen molar-refractivity contribution in [1.29, 1.82) is 0 Å². The van der Waals surface area contributed by atoms with Crippen LogP contribution in [-0.4, -0.2) is 29.1 Å². The van der Waals surface area contributed by atoms with Crippen LogP contribution in [0.3, 0.4) is 0 Å². The van der Waals surface area contributed by atoms with Gasteiger partial charge in [0.15, 0.2) is 0 Å². The SMILES string of the molecule is O=C1CCc2c(Oc3ccc4c(c3)C3C(NC(=O)NCc5ccccc5C(F)(F)F)C3O4)ccnc2N1. The van der Waals surface area contributed by atoms with Gasteiger partial charge in [0.05, 0.1) is 17.5 Å². The van der Waals surface area contributed by atoms with E-state index in [0.29, 0.717) is 35.9 Å². The summed E-state index contributed by atoms with van der Waals surface area (Å²) in [7, 11) is 0. The van der Waals surface area contributed by atoms with E-state index in [9.17, 15) is 22.8 Å². The van der Waals surface area contributed by atoms with Crippen LogP contribution in [0.15, 0.2) is 54.7 Å². The smallest absolute Gasteiger partial charge is 0.416 e. The average molecular weight is 510 g/mol. The lowest BCUT2D eigenvalue weighted by molar-refractivity contribution is -0.138. The van der Waals surface area contributed by atoms with E-state index in [1.807, 2.05) is 6.07 Å². The van der Waals surface area contributed by atoms with E-state index in [2.05, 4.69) is 20.9 Å². The molecule has 190 valence electrons. The van der Waals surface area contributed by atoms with Crippen LogP contribution in [-0.2, 0) is 23.9 Å². The normalized spacial score (nSPS) is 21.1. The summed E-state index contributed by atoms with van der Waals surface area (Å²) in [5, 5.41) is 8.04. The number of carbonyl (C=O) groups is 2. The van der Waals surface area contributed by atoms with Gasteiger partial charge in [0.2, 0.25) is 5.91 Å². The second-order valence-electron chi connectivity index (χ2n) is 9.10. The zero-order chi connectivity index (χ0) is 25.7. The van der Waals surface area contributed by atoms with Crippen LogP contribution in [0.2, 0.25) is 0 Å². The number of halogens is 3. The molecular weight excluding hydrogens is 489 g/mol. The lowest BCUT2D eigenvalue weighted by Crippen LogP contribution is -2.39. The highest BCUT2D eigenvalue weighted by atomic mass is 19.4. The minimum absolute atomic E-state index is 0.0117. The number of hydrogen-bond donors (Lipinski definition) is 3. The Morgan fingerprint density at radius 2 is 2.00 bits per heavy atom. The molecule has 3 aromatic rings. The molecule has 3 atom stereocenters. The van der Waals surface area contributed by atoms with Crippen LogP contribution in [0.1, 0.15) is 34.6 Å². The second-order valence-corrected chi connectivity index (χ2v) is 9.10. The molecule has 1 saturated carbocycles. The molecule has 1 aliphatic carbocycles. The van der Waals surface area contributed by atoms with Crippen molar-refractivity contribution in [3.63, 3.8) is 0 Å². The summed E-state index contributed by atoms with van der Waals surface area (Å²) < 4.78 is 51.6. The molecule has 0 spiro atoms. The minimum atomic E-state index is -4.50. The zero-order valence-electron chi connectivity index (χ0n) is 19.3. The number of alkyl halides is 3. The lowest BCUT2D eigenvalue weighted by atomic mass is 10.1. The van der Waals surface area contributed by atoms with E-state index >= 15 is 0 Å². The third-order valence-electron chi connectivity index (χ3n) is 6.72. The Morgan fingerprint density at radius 3 is 2.84 bits per heavy atom. The van der Waals surface area contributed by atoms with Crippen molar-refractivity contribution in [2.45, 2.75) is 43.6 Å². The van der Waals surface area contributed by atoms with E-state index in [1.54, 1.807) is 24.4 Å². The number of rotatable bonds is 5. The van der Waals surface area contributed by atoms with E-state index < -0.39 is 17.8 Å². The van der Waals surface area contributed by atoms with Gasteiger partial charge in [-0.1, -0.05) is 18.2 Å². The first-order valence-electron chi connectivity index (χ1n) is 11.7.